The molecule has 0 saturated carbocycles. The van der Waals surface area contributed by atoms with Crippen LogP contribution in [0.3, 0.4) is 0 Å². The first-order valence-corrected chi connectivity index (χ1v) is 6.30. The van der Waals surface area contributed by atoms with Gasteiger partial charge in [0.15, 0.2) is 5.43 Å². The monoisotopic (exact) mass is 273 g/mol. The lowest BCUT2D eigenvalue weighted by Crippen LogP contribution is -2.23. The second kappa shape index (κ2) is 6.01. The maximum Gasteiger partial charge on any atom is 0.261 e. The summed E-state index contributed by atoms with van der Waals surface area (Å²) in [6, 6.07) is 4.19. The van der Waals surface area contributed by atoms with E-state index in [2.05, 4.69) is 10.3 Å². The van der Waals surface area contributed by atoms with Gasteiger partial charge in [0.2, 0.25) is 0 Å². The molecule has 2 aromatic heterocycles. The van der Waals surface area contributed by atoms with Crippen LogP contribution in [0.25, 0.3) is 0 Å². The number of nitrogens with one attached hydrogen (secondary N) is 2. The summed E-state index contributed by atoms with van der Waals surface area (Å²) in [6.07, 6.45) is 5.19. The van der Waals surface area contributed by atoms with Crippen molar-refractivity contribution in [1.29, 1.82) is 0 Å². The van der Waals surface area contributed by atoms with Gasteiger partial charge in [-0.3, -0.25) is 14.4 Å². The van der Waals surface area contributed by atoms with Gasteiger partial charge in [-0.2, -0.15) is 0 Å². The summed E-state index contributed by atoms with van der Waals surface area (Å²) in [5.41, 5.74) is 0.0255. The number of hydrogen-bond acceptors (Lipinski definition) is 3. The zero-order valence-corrected chi connectivity index (χ0v) is 11.1. The maximum absolute atomic E-state index is 12.0. The summed E-state index contributed by atoms with van der Waals surface area (Å²) in [6.45, 7) is 2.54. The Morgan fingerprint density at radius 2 is 2.10 bits per heavy atom. The third-order valence-corrected chi connectivity index (χ3v) is 2.77. The van der Waals surface area contributed by atoms with Crippen LogP contribution in [0.15, 0.2) is 46.4 Å². The van der Waals surface area contributed by atoms with Gasteiger partial charge in [-0.05, 0) is 12.5 Å². The Bertz CT molecular complexity index is 731. The molecule has 2 N–H and O–H groups in total. The van der Waals surface area contributed by atoms with Crippen LogP contribution in [0, 0.1) is 0 Å². The topological polar surface area (TPSA) is 84.0 Å². The van der Waals surface area contributed by atoms with E-state index in [-0.39, 0.29) is 16.6 Å². The van der Waals surface area contributed by atoms with Crippen molar-refractivity contribution >= 4 is 11.6 Å². The van der Waals surface area contributed by atoms with E-state index in [0.717, 1.165) is 6.42 Å². The number of anilines is 1. The fraction of sp³-hybridized carbons (Fsp3) is 0.214. The molecule has 0 saturated heterocycles. The number of amides is 1. The lowest BCUT2D eigenvalue weighted by molar-refractivity contribution is 0.102. The molecule has 0 aliphatic heterocycles. The van der Waals surface area contributed by atoms with Gasteiger partial charge in [0.1, 0.15) is 5.56 Å². The van der Waals surface area contributed by atoms with Gasteiger partial charge in [-0.1, -0.05) is 6.92 Å². The summed E-state index contributed by atoms with van der Waals surface area (Å²) in [4.78, 5) is 37.8. The molecule has 0 aliphatic carbocycles. The molecule has 6 nitrogen and oxygen atoms in total. The molecular weight excluding hydrogens is 258 g/mol. The van der Waals surface area contributed by atoms with Crippen LogP contribution in [0.2, 0.25) is 0 Å². The quantitative estimate of drug-likeness (QED) is 0.877. The third kappa shape index (κ3) is 3.03. The van der Waals surface area contributed by atoms with Gasteiger partial charge in [0, 0.05) is 37.3 Å². The van der Waals surface area contributed by atoms with E-state index in [9.17, 15) is 14.4 Å². The smallest absolute Gasteiger partial charge is 0.261 e. The number of aromatic amines is 1. The van der Waals surface area contributed by atoms with Crippen LogP contribution in [0.4, 0.5) is 5.69 Å². The van der Waals surface area contributed by atoms with Crippen molar-refractivity contribution in [3.05, 3.63) is 62.9 Å². The predicted molar refractivity (Wildman–Crippen MR) is 76.0 cm³/mol. The summed E-state index contributed by atoms with van der Waals surface area (Å²) in [5.74, 6) is -0.506. The van der Waals surface area contributed by atoms with Crippen molar-refractivity contribution in [3.63, 3.8) is 0 Å². The van der Waals surface area contributed by atoms with Gasteiger partial charge in [0.05, 0.1) is 5.69 Å². The molecule has 20 heavy (non-hydrogen) atoms. The summed E-state index contributed by atoms with van der Waals surface area (Å²) in [5, 5.41) is 2.61. The molecule has 2 rings (SSSR count). The second-order valence-corrected chi connectivity index (χ2v) is 4.33. The fourth-order valence-corrected chi connectivity index (χ4v) is 1.81. The molecule has 1 amide bonds. The molecule has 0 bridgehead atoms. The largest absolute Gasteiger partial charge is 0.367 e. The first kappa shape index (κ1) is 13.8. The number of pyridine rings is 2. The van der Waals surface area contributed by atoms with Gasteiger partial charge in [-0.15, -0.1) is 0 Å². The third-order valence-electron chi connectivity index (χ3n) is 2.77. The van der Waals surface area contributed by atoms with E-state index in [1.807, 2.05) is 6.92 Å². The standard InChI is InChI=1S/C14H15N3O3/c1-2-7-17-9-10(3-4-13(17)19)16-14(20)11-8-15-6-5-12(11)18/h3-6,8-9H,2,7H2,1H3,(H,15,18)(H,16,20). The van der Waals surface area contributed by atoms with Crippen molar-refractivity contribution in [1.82, 2.24) is 9.55 Å². The van der Waals surface area contributed by atoms with Gasteiger partial charge < -0.3 is 14.9 Å². The van der Waals surface area contributed by atoms with Crippen LogP contribution >= 0.6 is 0 Å². The Morgan fingerprint density at radius 3 is 2.80 bits per heavy atom. The highest BCUT2D eigenvalue weighted by Crippen LogP contribution is 2.05. The Hall–Kier alpha value is -2.63. The van der Waals surface area contributed by atoms with E-state index in [0.29, 0.717) is 12.2 Å². The van der Waals surface area contributed by atoms with Gasteiger partial charge >= 0.3 is 0 Å². The molecule has 0 aromatic carbocycles. The number of aryl methyl sites for hydroxylation is 1. The van der Waals surface area contributed by atoms with Crippen LogP contribution in [-0.2, 0) is 6.54 Å². The van der Waals surface area contributed by atoms with Gasteiger partial charge in [0.25, 0.3) is 11.5 Å². The number of nitrogens with zero attached hydrogens (tertiary/aromatic N) is 1. The summed E-state index contributed by atoms with van der Waals surface area (Å²) < 4.78 is 1.52. The van der Waals surface area contributed by atoms with Crippen molar-refractivity contribution in [3.8, 4) is 0 Å². The minimum atomic E-state index is -0.506. The van der Waals surface area contributed by atoms with Crippen LogP contribution in [0.1, 0.15) is 23.7 Å². The lowest BCUT2D eigenvalue weighted by Gasteiger charge is -2.08. The normalized spacial score (nSPS) is 10.2. The molecule has 0 aliphatic rings. The Balaban J connectivity index is 2.24. The Kier molecular flexibility index (Phi) is 4.14. The second-order valence-electron chi connectivity index (χ2n) is 4.33. The average Bonchev–Trinajstić information content (AvgIpc) is 2.43. The van der Waals surface area contributed by atoms with Crippen molar-refractivity contribution in [2.75, 3.05) is 5.32 Å². The van der Waals surface area contributed by atoms with Crippen LogP contribution < -0.4 is 16.3 Å². The van der Waals surface area contributed by atoms with E-state index in [1.54, 1.807) is 6.20 Å². The van der Waals surface area contributed by atoms with Crippen molar-refractivity contribution in [2.24, 2.45) is 0 Å². The Morgan fingerprint density at radius 1 is 1.30 bits per heavy atom. The molecule has 0 fully saturated rings. The molecule has 0 spiro atoms. The van der Waals surface area contributed by atoms with Crippen LogP contribution in [0.5, 0.6) is 0 Å². The lowest BCUT2D eigenvalue weighted by atomic mass is 10.2. The molecule has 2 aromatic rings. The molecule has 0 radical (unpaired) electrons. The molecular formula is C14H15N3O3. The fourth-order valence-electron chi connectivity index (χ4n) is 1.81. The number of carbonyl (C=O) groups is 1. The Labute approximate surface area is 115 Å². The first-order valence-electron chi connectivity index (χ1n) is 6.30. The summed E-state index contributed by atoms with van der Waals surface area (Å²) >= 11 is 0. The zero-order chi connectivity index (χ0) is 14.5. The highest BCUT2D eigenvalue weighted by molar-refractivity contribution is 6.03. The number of aromatic nitrogens is 2. The first-order chi connectivity index (χ1) is 9.61. The van der Waals surface area contributed by atoms with Gasteiger partial charge in [-0.25, -0.2) is 0 Å². The number of carbonyl (C=O) groups excluding carboxylic acids is 1. The van der Waals surface area contributed by atoms with E-state index in [1.165, 1.54) is 35.2 Å². The molecule has 0 unspecified atom stereocenters. The van der Waals surface area contributed by atoms with Crippen molar-refractivity contribution < 1.29 is 4.79 Å². The van der Waals surface area contributed by atoms with E-state index < -0.39 is 5.91 Å². The minimum absolute atomic E-state index is 0.0285. The SMILES string of the molecule is CCCn1cc(NC(=O)c2c[nH]ccc2=O)ccc1=O. The average molecular weight is 273 g/mol. The minimum Gasteiger partial charge on any atom is -0.367 e. The molecule has 6 heteroatoms. The predicted octanol–water partition coefficient (Wildman–Crippen LogP) is 1.20. The number of H-pyrrole nitrogens is 1. The molecule has 2 heterocycles. The highest BCUT2D eigenvalue weighted by Gasteiger charge is 2.10. The zero-order valence-electron chi connectivity index (χ0n) is 11.1. The molecule has 0 atom stereocenters. The van der Waals surface area contributed by atoms with E-state index >= 15 is 0 Å². The maximum atomic E-state index is 12.0. The van der Waals surface area contributed by atoms with Crippen molar-refractivity contribution in [2.45, 2.75) is 19.9 Å². The number of rotatable bonds is 4. The molecule has 104 valence electrons. The number of hydrogen-bond donors (Lipinski definition) is 2. The summed E-state index contributed by atoms with van der Waals surface area (Å²) in [7, 11) is 0. The van der Waals surface area contributed by atoms with E-state index in [4.69, 9.17) is 0 Å². The highest BCUT2D eigenvalue weighted by atomic mass is 16.2. The van der Waals surface area contributed by atoms with Crippen LogP contribution in [-0.4, -0.2) is 15.5 Å².